The number of nitrogens with two attached hydrogens (primary N) is 1. The van der Waals surface area contributed by atoms with Crippen molar-refractivity contribution in [2.45, 2.75) is 51.4 Å². The van der Waals surface area contributed by atoms with Gasteiger partial charge >= 0.3 is 0 Å². The van der Waals surface area contributed by atoms with Crippen molar-refractivity contribution >= 4 is 11.7 Å². The summed E-state index contributed by atoms with van der Waals surface area (Å²) in [6, 6.07) is 4.11. The number of Topliss-reactive ketones (excluding diaryl/α,β-unsaturated/α-hetero) is 1. The number of aromatic amines is 1. The highest BCUT2D eigenvalue weighted by Crippen LogP contribution is 2.31. The zero-order chi connectivity index (χ0) is 20.1. The number of nitrogens with zero attached hydrogens (tertiary/aromatic N) is 5. The molecule has 1 fully saturated rings. The predicted octanol–water partition coefficient (Wildman–Crippen LogP) is 1.61. The molecule has 2 aromatic rings. The molecule has 150 valence electrons. The van der Waals surface area contributed by atoms with Gasteiger partial charge in [0, 0.05) is 42.7 Å². The Bertz CT molecular complexity index is 789. The summed E-state index contributed by atoms with van der Waals surface area (Å²) in [5.74, 6) is 0.984. The number of aromatic nitrogens is 5. The van der Waals surface area contributed by atoms with Gasteiger partial charge in [0.1, 0.15) is 5.78 Å². The summed E-state index contributed by atoms with van der Waals surface area (Å²) in [7, 11) is 0. The van der Waals surface area contributed by atoms with Crippen molar-refractivity contribution in [1.82, 2.24) is 30.5 Å². The highest BCUT2D eigenvalue weighted by molar-refractivity contribution is 5.79. The van der Waals surface area contributed by atoms with Gasteiger partial charge < -0.3 is 10.6 Å². The molecular weight excluding hydrogens is 356 g/mol. The number of hydrogen-bond donors (Lipinski definition) is 3. The molecule has 28 heavy (non-hydrogen) atoms. The maximum absolute atomic E-state index is 12.2. The lowest BCUT2D eigenvalue weighted by molar-refractivity contribution is -0.121. The Labute approximate surface area is 164 Å². The first-order valence-electron chi connectivity index (χ1n) is 9.77. The zero-order valence-electron chi connectivity index (χ0n) is 16.4. The van der Waals surface area contributed by atoms with Gasteiger partial charge in [-0.05, 0) is 48.2 Å². The van der Waals surface area contributed by atoms with E-state index >= 15 is 0 Å². The van der Waals surface area contributed by atoms with Crippen molar-refractivity contribution < 1.29 is 4.79 Å². The van der Waals surface area contributed by atoms with Crippen molar-refractivity contribution in [2.24, 2.45) is 11.7 Å². The van der Waals surface area contributed by atoms with Crippen LogP contribution in [-0.2, 0) is 11.2 Å². The smallest absolute Gasteiger partial charge is 0.188 e. The summed E-state index contributed by atoms with van der Waals surface area (Å²) in [5, 5.41) is 21.9. The molecule has 0 amide bonds. The predicted molar refractivity (Wildman–Crippen MR) is 105 cm³/mol. The van der Waals surface area contributed by atoms with Crippen LogP contribution in [0.15, 0.2) is 18.3 Å². The summed E-state index contributed by atoms with van der Waals surface area (Å²) in [6.07, 6.45) is 5.20. The molecule has 2 aromatic heterocycles. The summed E-state index contributed by atoms with van der Waals surface area (Å²) in [4.78, 5) is 18.8. The summed E-state index contributed by atoms with van der Waals surface area (Å²) >= 11 is 0. The molecule has 0 aromatic carbocycles. The average molecular weight is 384 g/mol. The Kier molecular flexibility index (Phi) is 6.33. The van der Waals surface area contributed by atoms with Crippen LogP contribution in [0.2, 0.25) is 0 Å². The molecule has 0 radical (unpaired) electrons. The Morgan fingerprint density at radius 3 is 2.82 bits per heavy atom. The van der Waals surface area contributed by atoms with Gasteiger partial charge in [0.15, 0.2) is 11.8 Å². The van der Waals surface area contributed by atoms with Gasteiger partial charge in [-0.15, -0.1) is 5.10 Å². The first-order valence-corrected chi connectivity index (χ1v) is 9.77. The molecule has 3 rings (SSSR count). The molecular formula is C19H28N8O. The van der Waals surface area contributed by atoms with Crippen LogP contribution >= 0.6 is 0 Å². The molecule has 0 saturated carbocycles. The minimum absolute atomic E-state index is 0.0974. The molecule has 1 unspecified atom stereocenters. The number of tetrazole rings is 1. The van der Waals surface area contributed by atoms with E-state index in [9.17, 15) is 4.79 Å². The Hall–Kier alpha value is -2.84. The van der Waals surface area contributed by atoms with E-state index in [0.717, 1.165) is 43.6 Å². The first-order chi connectivity index (χ1) is 13.5. The van der Waals surface area contributed by atoms with E-state index in [4.69, 9.17) is 11.1 Å². The number of H-pyrrole nitrogens is 1. The zero-order valence-corrected chi connectivity index (χ0v) is 16.4. The molecule has 0 bridgehead atoms. The van der Waals surface area contributed by atoms with E-state index < -0.39 is 0 Å². The second-order valence-electron chi connectivity index (χ2n) is 7.51. The lowest BCUT2D eigenvalue weighted by atomic mass is 9.81. The quantitative estimate of drug-likeness (QED) is 0.464. The Balaban J connectivity index is 1.74. The molecule has 3 atom stereocenters. The monoisotopic (exact) mass is 384 g/mol. The number of pyridine rings is 1. The molecule has 1 aliphatic rings. The molecule has 4 N–H and O–H groups in total. The Morgan fingerprint density at radius 1 is 1.46 bits per heavy atom. The third-order valence-electron chi connectivity index (χ3n) is 5.57. The molecule has 1 saturated heterocycles. The second kappa shape index (κ2) is 8.90. The molecule has 3 heterocycles. The van der Waals surface area contributed by atoms with Gasteiger partial charge in [-0.2, -0.15) is 0 Å². The number of ketones is 1. The standard InChI is InChI=1S/C19H28N8O/c1-3-4-15(12(2)28)16(18-23-25-26-24-18)9-13-5-6-17(22-10-13)14-7-8-27(11-14)19(20)21/h5-6,10,14-16H,3-4,7-9,11H2,1-2H3,(H3,20,21)(H,23,24,25,26)/t14?,15-,16+/m1/s1. The van der Waals surface area contributed by atoms with Gasteiger partial charge in [0.25, 0.3) is 0 Å². The van der Waals surface area contributed by atoms with Gasteiger partial charge in [-0.1, -0.05) is 19.4 Å². The Morgan fingerprint density at radius 2 is 2.29 bits per heavy atom. The van der Waals surface area contributed by atoms with Crippen molar-refractivity contribution in [1.29, 1.82) is 5.41 Å². The van der Waals surface area contributed by atoms with E-state index in [2.05, 4.69) is 38.6 Å². The lowest BCUT2D eigenvalue weighted by Gasteiger charge is -2.23. The molecule has 9 nitrogen and oxygen atoms in total. The fourth-order valence-corrected chi connectivity index (χ4v) is 4.02. The molecule has 0 spiro atoms. The number of guanidine groups is 1. The maximum Gasteiger partial charge on any atom is 0.188 e. The summed E-state index contributed by atoms with van der Waals surface area (Å²) < 4.78 is 0. The minimum Gasteiger partial charge on any atom is -0.370 e. The largest absolute Gasteiger partial charge is 0.370 e. The average Bonchev–Trinajstić information content (AvgIpc) is 3.36. The summed E-state index contributed by atoms with van der Waals surface area (Å²) in [6.45, 7) is 5.24. The third-order valence-corrected chi connectivity index (χ3v) is 5.57. The first kappa shape index (κ1) is 19.9. The van der Waals surface area contributed by atoms with E-state index in [1.807, 2.05) is 17.2 Å². The number of nitrogens with one attached hydrogen (secondary N) is 2. The van der Waals surface area contributed by atoms with Crippen LogP contribution in [0.25, 0.3) is 0 Å². The van der Waals surface area contributed by atoms with Crippen molar-refractivity contribution in [3.63, 3.8) is 0 Å². The number of carbonyl (C=O) groups is 1. The normalized spacial score (nSPS) is 18.8. The topological polar surface area (TPSA) is 138 Å². The van der Waals surface area contributed by atoms with Crippen LogP contribution in [0.5, 0.6) is 0 Å². The van der Waals surface area contributed by atoms with Crippen LogP contribution < -0.4 is 5.73 Å². The SMILES string of the molecule is CCC[C@H](C(C)=O)[C@H](Cc1ccc(C2CCN(C(=N)N)C2)nc1)c1nnn[nH]1. The third kappa shape index (κ3) is 4.52. The number of likely N-dealkylation sites (tertiary alicyclic amines) is 1. The van der Waals surface area contributed by atoms with Crippen LogP contribution in [-0.4, -0.2) is 55.3 Å². The number of rotatable bonds is 8. The van der Waals surface area contributed by atoms with Crippen molar-refractivity contribution in [3.05, 3.63) is 35.4 Å². The van der Waals surface area contributed by atoms with Crippen LogP contribution in [0, 0.1) is 11.3 Å². The van der Waals surface area contributed by atoms with Crippen LogP contribution in [0.1, 0.15) is 62.0 Å². The maximum atomic E-state index is 12.2. The lowest BCUT2D eigenvalue weighted by Crippen LogP contribution is -2.34. The van der Waals surface area contributed by atoms with Gasteiger partial charge in [-0.3, -0.25) is 15.2 Å². The fourth-order valence-electron chi connectivity index (χ4n) is 4.02. The molecule has 0 aliphatic carbocycles. The van der Waals surface area contributed by atoms with Crippen LogP contribution in [0.4, 0.5) is 0 Å². The van der Waals surface area contributed by atoms with Crippen molar-refractivity contribution in [2.75, 3.05) is 13.1 Å². The van der Waals surface area contributed by atoms with Gasteiger partial charge in [0.05, 0.1) is 0 Å². The minimum atomic E-state index is -0.126. The number of hydrogen-bond acceptors (Lipinski definition) is 6. The van der Waals surface area contributed by atoms with Crippen LogP contribution in [0.3, 0.4) is 0 Å². The van der Waals surface area contributed by atoms with E-state index in [1.54, 1.807) is 6.92 Å². The summed E-state index contributed by atoms with van der Waals surface area (Å²) in [5.41, 5.74) is 7.65. The molecule has 9 heteroatoms. The highest BCUT2D eigenvalue weighted by Gasteiger charge is 2.30. The fraction of sp³-hybridized carbons (Fsp3) is 0.579. The molecule has 1 aliphatic heterocycles. The van der Waals surface area contributed by atoms with Gasteiger partial charge in [0.2, 0.25) is 0 Å². The second-order valence-corrected chi connectivity index (χ2v) is 7.51. The van der Waals surface area contributed by atoms with E-state index in [1.165, 1.54) is 0 Å². The number of carbonyl (C=O) groups excluding carboxylic acids is 1. The van der Waals surface area contributed by atoms with E-state index in [0.29, 0.717) is 12.2 Å². The van der Waals surface area contributed by atoms with Gasteiger partial charge in [-0.25, -0.2) is 5.10 Å². The van der Waals surface area contributed by atoms with E-state index in [-0.39, 0.29) is 29.5 Å². The van der Waals surface area contributed by atoms with Crippen molar-refractivity contribution in [3.8, 4) is 0 Å². The highest BCUT2D eigenvalue weighted by atomic mass is 16.1.